The third kappa shape index (κ3) is 5.20. The monoisotopic (exact) mass is 237 g/mol. The minimum absolute atomic E-state index is 0.00877. The molecule has 0 heterocycles. The van der Waals surface area contributed by atoms with Gasteiger partial charge in [-0.25, -0.2) is 0 Å². The van der Waals surface area contributed by atoms with Crippen molar-refractivity contribution in [2.75, 3.05) is 13.7 Å². The van der Waals surface area contributed by atoms with E-state index in [0.717, 1.165) is 17.7 Å². The van der Waals surface area contributed by atoms with Crippen molar-refractivity contribution < 1.29 is 9.47 Å². The van der Waals surface area contributed by atoms with Gasteiger partial charge in [-0.2, -0.15) is 0 Å². The van der Waals surface area contributed by atoms with E-state index in [1.165, 1.54) is 0 Å². The number of ether oxygens (including phenoxy) is 2. The molecule has 1 unspecified atom stereocenters. The first-order valence-corrected chi connectivity index (χ1v) is 5.94. The molecule has 0 radical (unpaired) electrons. The molecule has 96 valence electrons. The van der Waals surface area contributed by atoms with Gasteiger partial charge in [-0.3, -0.25) is 0 Å². The van der Waals surface area contributed by atoms with Gasteiger partial charge in [-0.1, -0.05) is 18.2 Å². The highest BCUT2D eigenvalue weighted by atomic mass is 16.5. The fourth-order valence-corrected chi connectivity index (χ4v) is 1.57. The number of rotatable bonds is 5. The summed E-state index contributed by atoms with van der Waals surface area (Å²) in [7, 11) is 1.68. The molecule has 0 aliphatic carbocycles. The average molecular weight is 237 g/mol. The molecule has 0 fully saturated rings. The molecule has 0 aromatic heterocycles. The molecule has 0 amide bonds. The van der Waals surface area contributed by atoms with Crippen molar-refractivity contribution in [1.82, 2.24) is 0 Å². The van der Waals surface area contributed by atoms with Crippen LogP contribution in [0.2, 0.25) is 0 Å². The van der Waals surface area contributed by atoms with Crippen molar-refractivity contribution in [2.45, 2.75) is 38.8 Å². The molecule has 0 saturated heterocycles. The van der Waals surface area contributed by atoms with Gasteiger partial charge < -0.3 is 15.2 Å². The van der Waals surface area contributed by atoms with Crippen LogP contribution in [0.3, 0.4) is 0 Å². The topological polar surface area (TPSA) is 44.5 Å². The number of nitrogens with two attached hydrogens (primary N) is 1. The Morgan fingerprint density at radius 2 is 1.88 bits per heavy atom. The number of benzene rings is 1. The van der Waals surface area contributed by atoms with E-state index in [0.29, 0.717) is 6.61 Å². The van der Waals surface area contributed by atoms with E-state index in [1.54, 1.807) is 7.11 Å². The molecule has 0 aliphatic heterocycles. The number of hydrogen-bond donors (Lipinski definition) is 1. The summed E-state index contributed by atoms with van der Waals surface area (Å²) in [5.74, 6) is 0.888. The minimum Gasteiger partial charge on any atom is -0.496 e. The predicted octanol–water partition coefficient (Wildman–Crippen LogP) is 2.38. The third-order valence-electron chi connectivity index (χ3n) is 2.41. The highest BCUT2D eigenvalue weighted by Gasteiger charge is 2.14. The van der Waals surface area contributed by atoms with Gasteiger partial charge in [0, 0.05) is 6.04 Å². The summed E-state index contributed by atoms with van der Waals surface area (Å²) in [5.41, 5.74) is 7.04. The van der Waals surface area contributed by atoms with Gasteiger partial charge in [-0.15, -0.1) is 0 Å². The zero-order valence-corrected chi connectivity index (χ0v) is 11.2. The van der Waals surface area contributed by atoms with E-state index < -0.39 is 0 Å². The van der Waals surface area contributed by atoms with E-state index in [1.807, 2.05) is 45.0 Å². The molecule has 0 saturated carbocycles. The van der Waals surface area contributed by atoms with Crippen LogP contribution < -0.4 is 10.5 Å². The smallest absolute Gasteiger partial charge is 0.122 e. The molecule has 3 nitrogen and oxygen atoms in total. The van der Waals surface area contributed by atoms with E-state index in [2.05, 4.69) is 0 Å². The Bertz CT molecular complexity index is 344. The molecule has 3 heteroatoms. The maximum Gasteiger partial charge on any atom is 0.122 e. The van der Waals surface area contributed by atoms with Crippen LogP contribution in [0.15, 0.2) is 24.3 Å². The molecular weight excluding hydrogens is 214 g/mol. The van der Waals surface area contributed by atoms with Crippen LogP contribution >= 0.6 is 0 Å². The number of para-hydroxylation sites is 1. The zero-order valence-electron chi connectivity index (χ0n) is 11.2. The lowest BCUT2D eigenvalue weighted by Crippen LogP contribution is -2.33. The Hall–Kier alpha value is -1.06. The second kappa shape index (κ2) is 6.03. The molecule has 1 rings (SSSR count). The molecule has 0 spiro atoms. The van der Waals surface area contributed by atoms with Crippen LogP contribution in [-0.2, 0) is 11.2 Å². The lowest BCUT2D eigenvalue weighted by atomic mass is 10.1. The maximum atomic E-state index is 6.06. The average Bonchev–Trinajstić information content (AvgIpc) is 2.26. The first-order chi connectivity index (χ1) is 7.92. The molecule has 1 atom stereocenters. The Morgan fingerprint density at radius 1 is 1.24 bits per heavy atom. The van der Waals surface area contributed by atoms with Gasteiger partial charge in [-0.05, 0) is 38.8 Å². The molecule has 1 aromatic rings. The van der Waals surface area contributed by atoms with Crippen LogP contribution in [0, 0.1) is 0 Å². The van der Waals surface area contributed by atoms with E-state index in [4.69, 9.17) is 15.2 Å². The summed E-state index contributed by atoms with van der Waals surface area (Å²) in [6, 6.07) is 7.93. The fourth-order valence-electron chi connectivity index (χ4n) is 1.57. The zero-order chi connectivity index (χ0) is 12.9. The summed E-state index contributed by atoms with van der Waals surface area (Å²) in [4.78, 5) is 0. The van der Waals surface area contributed by atoms with E-state index in [-0.39, 0.29) is 11.6 Å². The Balaban J connectivity index is 2.53. The summed E-state index contributed by atoms with van der Waals surface area (Å²) >= 11 is 0. The van der Waals surface area contributed by atoms with Crippen molar-refractivity contribution in [3.63, 3.8) is 0 Å². The van der Waals surface area contributed by atoms with Crippen molar-refractivity contribution in [3.8, 4) is 5.75 Å². The van der Waals surface area contributed by atoms with Gasteiger partial charge in [0.2, 0.25) is 0 Å². The van der Waals surface area contributed by atoms with Crippen molar-refractivity contribution in [3.05, 3.63) is 29.8 Å². The van der Waals surface area contributed by atoms with Gasteiger partial charge in [0.15, 0.2) is 0 Å². The Morgan fingerprint density at radius 3 is 2.47 bits per heavy atom. The molecule has 2 N–H and O–H groups in total. The Labute approximate surface area is 104 Å². The second-order valence-corrected chi connectivity index (χ2v) is 5.20. The van der Waals surface area contributed by atoms with Crippen LogP contribution in [0.5, 0.6) is 5.75 Å². The SMILES string of the molecule is COc1ccccc1CC(N)COC(C)(C)C. The lowest BCUT2D eigenvalue weighted by Gasteiger charge is -2.22. The largest absolute Gasteiger partial charge is 0.496 e. The van der Waals surface area contributed by atoms with Gasteiger partial charge >= 0.3 is 0 Å². The normalized spacial score (nSPS) is 13.5. The van der Waals surface area contributed by atoms with Crippen LogP contribution in [0.1, 0.15) is 26.3 Å². The van der Waals surface area contributed by atoms with Crippen molar-refractivity contribution >= 4 is 0 Å². The van der Waals surface area contributed by atoms with E-state index in [9.17, 15) is 0 Å². The summed E-state index contributed by atoms with van der Waals surface area (Å²) in [6.07, 6.45) is 0.764. The summed E-state index contributed by atoms with van der Waals surface area (Å²) in [5, 5.41) is 0. The molecule has 1 aromatic carbocycles. The van der Waals surface area contributed by atoms with Crippen molar-refractivity contribution in [2.24, 2.45) is 5.73 Å². The van der Waals surface area contributed by atoms with Gasteiger partial charge in [0.05, 0.1) is 19.3 Å². The number of methoxy groups -OCH3 is 1. The van der Waals surface area contributed by atoms with Crippen molar-refractivity contribution in [1.29, 1.82) is 0 Å². The maximum absolute atomic E-state index is 6.06. The van der Waals surface area contributed by atoms with E-state index >= 15 is 0 Å². The minimum atomic E-state index is -0.140. The molecule has 0 aliphatic rings. The Kier molecular flexibility index (Phi) is 4.97. The summed E-state index contributed by atoms with van der Waals surface area (Å²) in [6.45, 7) is 6.65. The first kappa shape index (κ1) is 14.0. The highest BCUT2D eigenvalue weighted by Crippen LogP contribution is 2.19. The quantitative estimate of drug-likeness (QED) is 0.855. The molecule has 17 heavy (non-hydrogen) atoms. The molecule has 0 bridgehead atoms. The highest BCUT2D eigenvalue weighted by molar-refractivity contribution is 5.33. The summed E-state index contributed by atoms with van der Waals surface area (Å²) < 4.78 is 11.0. The lowest BCUT2D eigenvalue weighted by molar-refractivity contribution is -0.00987. The first-order valence-electron chi connectivity index (χ1n) is 5.94. The predicted molar refractivity (Wildman–Crippen MR) is 70.4 cm³/mol. The fraction of sp³-hybridized carbons (Fsp3) is 0.571. The van der Waals surface area contributed by atoms with Crippen LogP contribution in [-0.4, -0.2) is 25.4 Å². The van der Waals surface area contributed by atoms with Gasteiger partial charge in [0.25, 0.3) is 0 Å². The second-order valence-electron chi connectivity index (χ2n) is 5.20. The molecular formula is C14H23NO2. The number of hydrogen-bond acceptors (Lipinski definition) is 3. The van der Waals surface area contributed by atoms with Crippen LogP contribution in [0.4, 0.5) is 0 Å². The standard InChI is InChI=1S/C14H23NO2/c1-14(2,3)17-10-12(15)9-11-7-5-6-8-13(11)16-4/h5-8,12H,9-10,15H2,1-4H3. The third-order valence-corrected chi connectivity index (χ3v) is 2.41. The van der Waals surface area contributed by atoms with Crippen LogP contribution in [0.25, 0.3) is 0 Å². The van der Waals surface area contributed by atoms with Gasteiger partial charge in [0.1, 0.15) is 5.75 Å².